The van der Waals surface area contributed by atoms with Crippen molar-refractivity contribution in [1.29, 1.82) is 0 Å². The summed E-state index contributed by atoms with van der Waals surface area (Å²) in [6, 6.07) is 2.11. The Morgan fingerprint density at radius 3 is 2.37 bits per heavy atom. The van der Waals surface area contributed by atoms with Gasteiger partial charge >= 0.3 is 0 Å². The Balaban J connectivity index is 1.83. The Morgan fingerprint density at radius 1 is 1.21 bits per heavy atom. The second kappa shape index (κ2) is 4.91. The molecule has 1 aliphatic rings. The fourth-order valence-electron chi connectivity index (χ4n) is 2.94. The molecule has 0 spiro atoms. The number of hydrogen-bond acceptors (Lipinski definition) is 3. The highest BCUT2D eigenvalue weighted by atomic mass is 16.3. The minimum atomic E-state index is -0.578. The molecule has 0 bridgehead atoms. The molecule has 1 aromatic rings. The molecule has 0 radical (unpaired) electrons. The first-order valence-corrected chi connectivity index (χ1v) is 7.17. The summed E-state index contributed by atoms with van der Waals surface area (Å²) < 4.78 is 2.08. The van der Waals surface area contributed by atoms with Gasteiger partial charge in [-0.25, -0.2) is 0 Å². The molecular weight excluding hydrogens is 238 g/mol. The summed E-state index contributed by atoms with van der Waals surface area (Å²) in [6.07, 6.45) is 1.08. The molecule has 2 rings (SSSR count). The van der Waals surface area contributed by atoms with Crippen molar-refractivity contribution in [3.05, 3.63) is 17.5 Å². The fourth-order valence-corrected chi connectivity index (χ4v) is 2.94. The van der Waals surface area contributed by atoms with Gasteiger partial charge in [0.1, 0.15) is 0 Å². The lowest BCUT2D eigenvalue weighted by molar-refractivity contribution is -0.0110. The van der Waals surface area contributed by atoms with Crippen molar-refractivity contribution in [1.82, 2.24) is 14.7 Å². The maximum absolute atomic E-state index is 10.4. The molecule has 1 N–H and O–H groups in total. The van der Waals surface area contributed by atoms with Crippen molar-refractivity contribution < 1.29 is 5.11 Å². The van der Waals surface area contributed by atoms with E-state index in [1.165, 1.54) is 5.69 Å². The van der Waals surface area contributed by atoms with E-state index in [9.17, 15) is 5.11 Å². The van der Waals surface area contributed by atoms with Crippen LogP contribution in [0.2, 0.25) is 0 Å². The second-order valence-corrected chi connectivity index (χ2v) is 6.87. The molecule has 1 aliphatic heterocycles. The number of nitrogens with zero attached hydrogens (tertiary/aromatic N) is 3. The molecule has 1 atom stereocenters. The monoisotopic (exact) mass is 265 g/mol. The topological polar surface area (TPSA) is 41.3 Å². The van der Waals surface area contributed by atoms with E-state index in [-0.39, 0.29) is 5.41 Å². The van der Waals surface area contributed by atoms with E-state index in [1.807, 2.05) is 13.8 Å². The lowest BCUT2D eigenvalue weighted by Crippen LogP contribution is -2.40. The van der Waals surface area contributed by atoms with Gasteiger partial charge in [-0.1, -0.05) is 13.8 Å². The maximum Gasteiger partial charge on any atom is 0.0808 e. The lowest BCUT2D eigenvalue weighted by atomic mass is 9.79. The molecule has 0 amide bonds. The number of hydrogen-bond donors (Lipinski definition) is 1. The van der Waals surface area contributed by atoms with Crippen LogP contribution in [0.4, 0.5) is 0 Å². The summed E-state index contributed by atoms with van der Waals surface area (Å²) >= 11 is 0. The van der Waals surface area contributed by atoms with Gasteiger partial charge in [-0.15, -0.1) is 0 Å². The van der Waals surface area contributed by atoms with Crippen molar-refractivity contribution in [2.45, 2.75) is 53.2 Å². The smallest absolute Gasteiger partial charge is 0.0808 e. The van der Waals surface area contributed by atoms with Gasteiger partial charge in [-0.05, 0) is 33.3 Å². The summed E-state index contributed by atoms with van der Waals surface area (Å²) in [5.74, 6) is 0. The average molecular weight is 265 g/mol. The summed E-state index contributed by atoms with van der Waals surface area (Å²) in [6.45, 7) is 14.1. The van der Waals surface area contributed by atoms with Crippen molar-refractivity contribution in [3.63, 3.8) is 0 Å². The molecule has 0 unspecified atom stereocenters. The van der Waals surface area contributed by atoms with Gasteiger partial charge in [0.2, 0.25) is 0 Å². The van der Waals surface area contributed by atoms with Crippen molar-refractivity contribution in [2.24, 2.45) is 5.41 Å². The number of aliphatic hydroxyl groups is 1. The van der Waals surface area contributed by atoms with Gasteiger partial charge < -0.3 is 5.11 Å². The molecule has 0 aliphatic carbocycles. The minimum Gasteiger partial charge on any atom is -0.388 e. The molecule has 1 saturated heterocycles. The first-order valence-electron chi connectivity index (χ1n) is 7.17. The third-order valence-electron chi connectivity index (χ3n) is 4.56. The van der Waals surface area contributed by atoms with Crippen LogP contribution in [-0.2, 0) is 6.54 Å². The predicted octanol–water partition coefficient (Wildman–Crippen LogP) is 1.98. The summed E-state index contributed by atoms with van der Waals surface area (Å²) in [4.78, 5) is 2.37. The van der Waals surface area contributed by atoms with Gasteiger partial charge in [0.05, 0.1) is 11.3 Å². The number of β-amino-alcohol motifs (C(OH)–C–C–N with tert-alkyl or cyclic N) is 1. The number of aryl methyl sites for hydroxylation is 3. The third-order valence-corrected chi connectivity index (χ3v) is 4.56. The van der Waals surface area contributed by atoms with E-state index in [1.54, 1.807) is 0 Å². The predicted molar refractivity (Wildman–Crippen MR) is 77.2 cm³/mol. The molecule has 4 heteroatoms. The summed E-state index contributed by atoms with van der Waals surface area (Å²) in [7, 11) is 0. The minimum absolute atomic E-state index is 0.0226. The molecule has 4 nitrogen and oxygen atoms in total. The third kappa shape index (κ3) is 3.00. The van der Waals surface area contributed by atoms with E-state index < -0.39 is 5.60 Å². The number of aromatic nitrogens is 2. The zero-order valence-electron chi connectivity index (χ0n) is 12.9. The van der Waals surface area contributed by atoms with E-state index in [2.05, 4.69) is 41.5 Å². The average Bonchev–Trinajstić information content (AvgIpc) is 2.65. The van der Waals surface area contributed by atoms with Crippen molar-refractivity contribution in [2.75, 3.05) is 19.6 Å². The highest BCUT2D eigenvalue weighted by Gasteiger charge is 2.47. The molecular formula is C15H27N3O. The normalized spacial score (nSPS) is 27.1. The van der Waals surface area contributed by atoms with Crippen LogP contribution in [0.15, 0.2) is 6.07 Å². The van der Waals surface area contributed by atoms with Crippen LogP contribution in [0.3, 0.4) is 0 Å². The Kier molecular flexibility index (Phi) is 3.76. The zero-order valence-corrected chi connectivity index (χ0v) is 12.9. The Labute approximate surface area is 116 Å². The fraction of sp³-hybridized carbons (Fsp3) is 0.800. The lowest BCUT2D eigenvalue weighted by Gasteiger charge is -2.31. The van der Waals surface area contributed by atoms with E-state index in [0.29, 0.717) is 0 Å². The van der Waals surface area contributed by atoms with E-state index in [0.717, 1.165) is 38.3 Å². The van der Waals surface area contributed by atoms with Crippen LogP contribution in [0.1, 0.15) is 38.6 Å². The van der Waals surface area contributed by atoms with Crippen molar-refractivity contribution in [3.8, 4) is 0 Å². The largest absolute Gasteiger partial charge is 0.388 e. The van der Waals surface area contributed by atoms with Crippen LogP contribution in [0, 0.1) is 19.3 Å². The quantitative estimate of drug-likeness (QED) is 0.905. The Hall–Kier alpha value is -0.870. The van der Waals surface area contributed by atoms with Gasteiger partial charge in [-0.3, -0.25) is 9.58 Å². The van der Waals surface area contributed by atoms with E-state index >= 15 is 0 Å². The molecule has 0 saturated carbocycles. The maximum atomic E-state index is 10.4. The van der Waals surface area contributed by atoms with Crippen LogP contribution >= 0.6 is 0 Å². The molecule has 2 heterocycles. The van der Waals surface area contributed by atoms with Crippen molar-refractivity contribution >= 4 is 0 Å². The SMILES string of the molecule is Cc1cc(C)n(CCCN2CC(C)(C)[C@@](C)(O)C2)n1. The van der Waals surface area contributed by atoms with Crippen LogP contribution in [0.5, 0.6) is 0 Å². The first-order chi connectivity index (χ1) is 8.71. The number of likely N-dealkylation sites (tertiary alicyclic amines) is 1. The highest BCUT2D eigenvalue weighted by molar-refractivity contribution is 5.06. The summed E-state index contributed by atoms with van der Waals surface area (Å²) in [5, 5.41) is 14.9. The van der Waals surface area contributed by atoms with E-state index in [4.69, 9.17) is 0 Å². The summed E-state index contributed by atoms with van der Waals surface area (Å²) in [5.41, 5.74) is 1.71. The standard InChI is InChI=1S/C15H27N3O/c1-12-9-13(2)18(16-12)8-6-7-17-10-14(3,4)15(5,19)11-17/h9,19H,6-8,10-11H2,1-5H3/t15-/m0/s1. The van der Waals surface area contributed by atoms with Crippen LogP contribution in [-0.4, -0.2) is 45.0 Å². The van der Waals surface area contributed by atoms with Crippen LogP contribution in [0.25, 0.3) is 0 Å². The molecule has 1 aromatic heterocycles. The molecule has 0 aromatic carbocycles. The Bertz CT molecular complexity index is 432. The van der Waals surface area contributed by atoms with Gasteiger partial charge in [0.25, 0.3) is 0 Å². The van der Waals surface area contributed by atoms with Crippen LogP contribution < -0.4 is 0 Å². The molecule has 108 valence electrons. The number of rotatable bonds is 4. The molecule has 1 fully saturated rings. The highest BCUT2D eigenvalue weighted by Crippen LogP contribution is 2.38. The van der Waals surface area contributed by atoms with Gasteiger partial charge in [-0.2, -0.15) is 5.10 Å². The van der Waals surface area contributed by atoms with Gasteiger partial charge in [0, 0.05) is 37.3 Å². The zero-order chi connectivity index (χ0) is 14.3. The molecule has 19 heavy (non-hydrogen) atoms. The second-order valence-electron chi connectivity index (χ2n) is 6.87. The first kappa shape index (κ1) is 14.5. The Morgan fingerprint density at radius 2 is 1.89 bits per heavy atom. The van der Waals surface area contributed by atoms with Gasteiger partial charge in [0.15, 0.2) is 0 Å².